The number of ether oxygens (including phenoxy) is 2. The molecule has 7 nitrogen and oxygen atoms in total. The van der Waals surface area contributed by atoms with Crippen molar-refractivity contribution in [3.8, 4) is 17.6 Å². The van der Waals surface area contributed by atoms with Crippen LogP contribution in [0.4, 0.5) is 5.69 Å². The van der Waals surface area contributed by atoms with Gasteiger partial charge in [-0.1, -0.05) is 74.4 Å². The van der Waals surface area contributed by atoms with Crippen molar-refractivity contribution >= 4 is 46.8 Å². The molecule has 2 amide bonds. The van der Waals surface area contributed by atoms with E-state index in [2.05, 4.69) is 17.6 Å². The number of anilines is 1. The molecule has 0 aromatic heterocycles. The highest BCUT2D eigenvalue weighted by Gasteiger charge is 2.13. The molecule has 0 bridgehead atoms. The second-order valence-corrected chi connectivity index (χ2v) is 8.85. The van der Waals surface area contributed by atoms with Gasteiger partial charge in [0.1, 0.15) is 11.6 Å². The average Bonchev–Trinajstić information content (AvgIpc) is 2.87. The Bertz CT molecular complexity index is 1090. The van der Waals surface area contributed by atoms with Gasteiger partial charge in [0, 0.05) is 6.54 Å². The number of unbranched alkanes of at least 4 members (excludes halogenated alkanes) is 5. The number of benzene rings is 2. The second-order valence-electron chi connectivity index (χ2n) is 8.04. The lowest BCUT2D eigenvalue weighted by Gasteiger charge is -2.13. The van der Waals surface area contributed by atoms with Gasteiger partial charge in [-0.05, 0) is 42.3 Å². The van der Waals surface area contributed by atoms with E-state index in [-0.39, 0.29) is 12.2 Å². The Kier molecular flexibility index (Phi) is 12.7. The first kappa shape index (κ1) is 29.0. The van der Waals surface area contributed by atoms with E-state index >= 15 is 0 Å². The summed E-state index contributed by atoms with van der Waals surface area (Å²) < 4.78 is 10.9. The lowest BCUT2D eigenvalue weighted by Crippen LogP contribution is -2.25. The van der Waals surface area contributed by atoms with Gasteiger partial charge in [0.05, 0.1) is 22.8 Å². The molecule has 0 heterocycles. The summed E-state index contributed by atoms with van der Waals surface area (Å²) in [4.78, 5) is 24.7. The van der Waals surface area contributed by atoms with Crippen molar-refractivity contribution in [3.63, 3.8) is 0 Å². The van der Waals surface area contributed by atoms with Crippen LogP contribution in [0, 0.1) is 11.3 Å². The predicted molar refractivity (Wildman–Crippen MR) is 144 cm³/mol. The Hall–Kier alpha value is -3.21. The van der Waals surface area contributed by atoms with Gasteiger partial charge in [0.2, 0.25) is 0 Å². The molecule has 2 N–H and O–H groups in total. The maximum absolute atomic E-state index is 12.4. The molecule has 0 unspecified atom stereocenters. The van der Waals surface area contributed by atoms with E-state index in [4.69, 9.17) is 32.7 Å². The molecule has 0 aliphatic carbocycles. The van der Waals surface area contributed by atoms with E-state index < -0.39 is 11.8 Å². The highest BCUT2D eigenvalue weighted by atomic mass is 35.5. The molecule has 2 aromatic carbocycles. The Morgan fingerprint density at radius 1 is 1.03 bits per heavy atom. The number of amides is 2. The van der Waals surface area contributed by atoms with Crippen molar-refractivity contribution in [2.45, 2.75) is 45.4 Å². The smallest absolute Gasteiger partial charge is 0.262 e. The van der Waals surface area contributed by atoms with Gasteiger partial charge in [-0.15, -0.1) is 0 Å². The van der Waals surface area contributed by atoms with Gasteiger partial charge in [0.25, 0.3) is 11.8 Å². The zero-order valence-corrected chi connectivity index (χ0v) is 22.0. The highest BCUT2D eigenvalue weighted by Crippen LogP contribution is 2.31. The Balaban J connectivity index is 1.95. The van der Waals surface area contributed by atoms with Gasteiger partial charge in [-0.3, -0.25) is 9.59 Å². The fourth-order valence-corrected chi connectivity index (χ4v) is 3.84. The van der Waals surface area contributed by atoms with Gasteiger partial charge in [-0.2, -0.15) is 5.26 Å². The van der Waals surface area contributed by atoms with Gasteiger partial charge >= 0.3 is 0 Å². The van der Waals surface area contributed by atoms with Crippen molar-refractivity contribution in [1.82, 2.24) is 5.32 Å². The minimum absolute atomic E-state index is 0.00676. The number of nitrogens with zero attached hydrogens (tertiary/aromatic N) is 1. The Morgan fingerprint density at radius 3 is 2.39 bits per heavy atom. The molecule has 0 aliphatic rings. The van der Waals surface area contributed by atoms with Crippen molar-refractivity contribution in [2.75, 3.05) is 25.6 Å². The molecule has 2 rings (SSSR count). The summed E-state index contributed by atoms with van der Waals surface area (Å²) in [5.41, 5.74) is 0.881. The van der Waals surface area contributed by atoms with E-state index in [0.717, 1.165) is 19.3 Å². The molecular formula is C27H31Cl2N3O4. The summed E-state index contributed by atoms with van der Waals surface area (Å²) in [6.07, 6.45) is 8.18. The van der Waals surface area contributed by atoms with Crippen LogP contribution >= 0.6 is 23.2 Å². The van der Waals surface area contributed by atoms with E-state index in [1.807, 2.05) is 6.07 Å². The molecule has 0 saturated carbocycles. The van der Waals surface area contributed by atoms with Crippen LogP contribution in [-0.2, 0) is 9.59 Å². The van der Waals surface area contributed by atoms with Crippen LogP contribution in [0.15, 0.2) is 42.0 Å². The van der Waals surface area contributed by atoms with Crippen LogP contribution in [-0.4, -0.2) is 32.1 Å². The summed E-state index contributed by atoms with van der Waals surface area (Å²) in [5, 5.41) is 15.5. The zero-order chi connectivity index (χ0) is 26.3. The highest BCUT2D eigenvalue weighted by molar-refractivity contribution is 6.39. The molecule has 0 atom stereocenters. The minimum atomic E-state index is -0.454. The normalized spacial score (nSPS) is 10.9. The number of carbonyl (C=O) groups excluding carboxylic acids is 2. The molecule has 0 spiro atoms. The number of methoxy groups -OCH3 is 1. The predicted octanol–water partition coefficient (Wildman–Crippen LogP) is 6.40. The summed E-state index contributed by atoms with van der Waals surface area (Å²) in [7, 11) is 1.46. The van der Waals surface area contributed by atoms with Crippen molar-refractivity contribution in [3.05, 3.63) is 57.6 Å². The first-order chi connectivity index (χ1) is 17.4. The lowest BCUT2D eigenvalue weighted by molar-refractivity contribution is -0.118. The maximum atomic E-state index is 12.4. The second kappa shape index (κ2) is 15.7. The maximum Gasteiger partial charge on any atom is 0.262 e. The van der Waals surface area contributed by atoms with Crippen molar-refractivity contribution in [1.29, 1.82) is 5.26 Å². The molecule has 0 fully saturated rings. The zero-order valence-electron chi connectivity index (χ0n) is 20.5. The first-order valence-corrected chi connectivity index (χ1v) is 12.6. The number of para-hydroxylation sites is 1. The van der Waals surface area contributed by atoms with Crippen LogP contribution in [0.25, 0.3) is 6.08 Å². The largest absolute Gasteiger partial charge is 0.493 e. The third kappa shape index (κ3) is 9.44. The monoisotopic (exact) mass is 531 g/mol. The Labute approximate surface area is 222 Å². The lowest BCUT2D eigenvalue weighted by atomic mass is 10.1. The summed E-state index contributed by atoms with van der Waals surface area (Å²) in [6, 6.07) is 11.7. The number of rotatable bonds is 14. The number of hydrogen-bond acceptors (Lipinski definition) is 5. The fraction of sp³-hybridized carbons (Fsp3) is 0.370. The van der Waals surface area contributed by atoms with Crippen molar-refractivity contribution in [2.24, 2.45) is 0 Å². The van der Waals surface area contributed by atoms with Crippen LogP contribution in [0.2, 0.25) is 10.0 Å². The number of hydrogen-bond donors (Lipinski definition) is 2. The number of halogens is 2. The SMILES string of the molecule is CCCCCCCCNC(=O)/C(C#N)=C\c1ccc(OCC(=O)Nc2c(Cl)cccc2Cl)c(OC)c1. The topological polar surface area (TPSA) is 100 Å². The summed E-state index contributed by atoms with van der Waals surface area (Å²) in [6.45, 7) is 2.39. The molecule has 0 radical (unpaired) electrons. The van der Waals surface area contributed by atoms with Crippen LogP contribution in [0.5, 0.6) is 11.5 Å². The molecular weight excluding hydrogens is 501 g/mol. The third-order valence-electron chi connectivity index (χ3n) is 5.27. The van der Waals surface area contributed by atoms with Gasteiger partial charge < -0.3 is 20.1 Å². The number of nitriles is 1. The van der Waals surface area contributed by atoms with Crippen LogP contribution in [0.3, 0.4) is 0 Å². The molecule has 9 heteroatoms. The molecule has 0 aliphatic heterocycles. The van der Waals surface area contributed by atoms with Gasteiger partial charge in [-0.25, -0.2) is 0 Å². The van der Waals surface area contributed by atoms with E-state index in [1.165, 1.54) is 32.4 Å². The van der Waals surface area contributed by atoms with E-state index in [1.54, 1.807) is 36.4 Å². The summed E-state index contributed by atoms with van der Waals surface area (Å²) >= 11 is 12.1. The molecule has 2 aromatic rings. The standard InChI is InChI=1S/C27H31Cl2N3O4/c1-3-4-5-6-7-8-14-31-27(34)20(17-30)15-19-12-13-23(24(16-19)35-2)36-18-25(33)32-26-21(28)10-9-11-22(26)29/h9-13,15-16H,3-8,14,18H2,1-2H3,(H,31,34)(H,32,33)/b20-15-. The average molecular weight is 532 g/mol. The number of nitrogens with one attached hydrogen (secondary N) is 2. The quantitative estimate of drug-likeness (QED) is 0.167. The third-order valence-corrected chi connectivity index (χ3v) is 5.90. The molecule has 36 heavy (non-hydrogen) atoms. The van der Waals surface area contributed by atoms with E-state index in [9.17, 15) is 14.9 Å². The fourth-order valence-electron chi connectivity index (χ4n) is 3.35. The molecule has 192 valence electrons. The van der Waals surface area contributed by atoms with Crippen molar-refractivity contribution < 1.29 is 19.1 Å². The minimum Gasteiger partial charge on any atom is -0.493 e. The van der Waals surface area contributed by atoms with E-state index in [0.29, 0.717) is 39.3 Å². The summed E-state index contributed by atoms with van der Waals surface area (Å²) in [5.74, 6) is -0.205. The number of carbonyl (C=O) groups is 2. The first-order valence-electron chi connectivity index (χ1n) is 11.8. The van der Waals surface area contributed by atoms with Gasteiger partial charge in [0.15, 0.2) is 18.1 Å². The molecule has 0 saturated heterocycles. The van der Waals surface area contributed by atoms with Crippen LogP contribution < -0.4 is 20.1 Å². The van der Waals surface area contributed by atoms with Crippen LogP contribution in [0.1, 0.15) is 51.0 Å². The Morgan fingerprint density at radius 2 is 1.72 bits per heavy atom.